The monoisotopic (exact) mass is 416 g/mol. The second kappa shape index (κ2) is 9.41. The van der Waals surface area contributed by atoms with E-state index in [1.807, 2.05) is 38.1 Å². The molecule has 0 radical (unpaired) electrons. The Kier molecular flexibility index (Phi) is 6.92. The Morgan fingerprint density at radius 1 is 1.10 bits per heavy atom. The van der Waals surface area contributed by atoms with Gasteiger partial charge in [0.05, 0.1) is 17.5 Å². The number of hydrogen-bond acceptors (Lipinski definition) is 4. The predicted molar refractivity (Wildman–Crippen MR) is 112 cm³/mol. The quantitative estimate of drug-likeness (QED) is 0.717. The average molecular weight is 417 g/mol. The first-order chi connectivity index (χ1) is 14.0. The van der Waals surface area contributed by atoms with Gasteiger partial charge < -0.3 is 10.1 Å². The number of ether oxygens (including phenoxy) is 1. The number of rotatable bonds is 8. The first kappa shape index (κ1) is 21.3. The van der Waals surface area contributed by atoms with E-state index in [0.717, 1.165) is 23.3 Å². The molecule has 7 heteroatoms. The third-order valence-electron chi connectivity index (χ3n) is 5.20. The van der Waals surface area contributed by atoms with E-state index < -0.39 is 10.0 Å². The molecule has 1 N–H and O–H groups in total. The predicted octanol–water partition coefficient (Wildman–Crippen LogP) is 3.29. The number of aryl methyl sites for hydroxylation is 1. The minimum atomic E-state index is -3.45. The van der Waals surface area contributed by atoms with Crippen LogP contribution < -0.4 is 10.1 Å². The summed E-state index contributed by atoms with van der Waals surface area (Å²) in [7, 11) is -3.45. The van der Waals surface area contributed by atoms with Crippen LogP contribution in [-0.2, 0) is 21.2 Å². The highest BCUT2D eigenvalue weighted by Crippen LogP contribution is 2.31. The standard InChI is InChI=1S/C22H28N2O4S/c1-3-24(4-2)29(26,27)18-12-9-17(10-13-18)11-14-22(25)23-20-15-16-28-21-8-6-5-7-19(20)21/h5-10,12-13,20H,3-4,11,14-16H2,1-2H3,(H,23,25)/t20-/m0/s1. The van der Waals surface area contributed by atoms with E-state index >= 15 is 0 Å². The van der Waals surface area contributed by atoms with Gasteiger partial charge in [-0.25, -0.2) is 8.42 Å². The average Bonchev–Trinajstić information content (AvgIpc) is 2.73. The van der Waals surface area contributed by atoms with E-state index in [-0.39, 0.29) is 16.8 Å². The molecule has 6 nitrogen and oxygen atoms in total. The van der Waals surface area contributed by atoms with Crippen LogP contribution in [0.2, 0.25) is 0 Å². The summed E-state index contributed by atoms with van der Waals surface area (Å²) in [5.41, 5.74) is 1.95. The van der Waals surface area contributed by atoms with Crippen LogP contribution in [0.15, 0.2) is 53.4 Å². The number of fused-ring (bicyclic) bond motifs is 1. The van der Waals surface area contributed by atoms with E-state index in [4.69, 9.17) is 4.74 Å². The van der Waals surface area contributed by atoms with Crippen molar-refractivity contribution in [2.24, 2.45) is 0 Å². The highest BCUT2D eigenvalue weighted by molar-refractivity contribution is 7.89. The molecule has 0 unspecified atom stereocenters. The number of benzene rings is 2. The molecule has 0 bridgehead atoms. The smallest absolute Gasteiger partial charge is 0.243 e. The fourth-order valence-electron chi connectivity index (χ4n) is 3.56. The Bertz CT molecular complexity index is 938. The lowest BCUT2D eigenvalue weighted by molar-refractivity contribution is -0.122. The van der Waals surface area contributed by atoms with Gasteiger partial charge in [0.15, 0.2) is 0 Å². The van der Waals surface area contributed by atoms with Crippen LogP contribution in [0.4, 0.5) is 0 Å². The molecule has 0 aliphatic carbocycles. The molecular weight excluding hydrogens is 388 g/mol. The van der Waals surface area contributed by atoms with Crippen LogP contribution in [0.25, 0.3) is 0 Å². The molecule has 0 saturated heterocycles. The molecule has 0 saturated carbocycles. The van der Waals surface area contributed by atoms with Gasteiger partial charge in [-0.15, -0.1) is 0 Å². The lowest BCUT2D eigenvalue weighted by atomic mass is 10.00. The molecule has 1 amide bonds. The van der Waals surface area contributed by atoms with E-state index in [2.05, 4.69) is 5.32 Å². The maximum atomic E-state index is 12.5. The van der Waals surface area contributed by atoms with Crippen molar-refractivity contribution in [1.29, 1.82) is 0 Å². The number of nitrogens with one attached hydrogen (secondary N) is 1. The lowest BCUT2D eigenvalue weighted by Gasteiger charge is -2.26. The molecule has 1 atom stereocenters. The van der Waals surface area contributed by atoms with Crippen molar-refractivity contribution < 1.29 is 17.9 Å². The van der Waals surface area contributed by atoms with E-state index in [1.54, 1.807) is 24.3 Å². The van der Waals surface area contributed by atoms with Gasteiger partial charge in [-0.05, 0) is 30.2 Å². The van der Waals surface area contributed by atoms with Crippen LogP contribution in [-0.4, -0.2) is 38.3 Å². The molecular formula is C22H28N2O4S. The molecule has 0 spiro atoms. The van der Waals surface area contributed by atoms with Crippen molar-refractivity contribution in [3.05, 3.63) is 59.7 Å². The zero-order valence-corrected chi connectivity index (χ0v) is 17.7. The van der Waals surface area contributed by atoms with Gasteiger partial charge in [-0.2, -0.15) is 4.31 Å². The van der Waals surface area contributed by atoms with Gasteiger partial charge in [0.1, 0.15) is 5.75 Å². The van der Waals surface area contributed by atoms with Crippen LogP contribution in [0.5, 0.6) is 5.75 Å². The van der Waals surface area contributed by atoms with Crippen molar-refractivity contribution in [3.8, 4) is 5.75 Å². The number of carbonyl (C=O) groups excluding carboxylic acids is 1. The first-order valence-electron chi connectivity index (χ1n) is 10.1. The Labute approximate surface area is 172 Å². The van der Waals surface area contributed by atoms with Crippen LogP contribution >= 0.6 is 0 Å². The maximum Gasteiger partial charge on any atom is 0.243 e. The molecule has 3 rings (SSSR count). The minimum Gasteiger partial charge on any atom is -0.493 e. The number of para-hydroxylation sites is 1. The molecule has 2 aromatic carbocycles. The zero-order valence-electron chi connectivity index (χ0n) is 16.9. The van der Waals surface area contributed by atoms with Gasteiger partial charge >= 0.3 is 0 Å². The van der Waals surface area contributed by atoms with Gasteiger partial charge in [0.2, 0.25) is 15.9 Å². The van der Waals surface area contributed by atoms with E-state index in [9.17, 15) is 13.2 Å². The Morgan fingerprint density at radius 2 is 1.79 bits per heavy atom. The summed E-state index contributed by atoms with van der Waals surface area (Å²) in [6.45, 7) is 5.12. The summed E-state index contributed by atoms with van der Waals surface area (Å²) in [5, 5.41) is 3.09. The van der Waals surface area contributed by atoms with Crippen LogP contribution in [0.1, 0.15) is 43.9 Å². The van der Waals surface area contributed by atoms with Crippen molar-refractivity contribution in [2.45, 2.75) is 44.0 Å². The largest absolute Gasteiger partial charge is 0.493 e. The fourth-order valence-corrected chi connectivity index (χ4v) is 5.02. The normalized spacial score (nSPS) is 16.2. The molecule has 29 heavy (non-hydrogen) atoms. The van der Waals surface area contributed by atoms with Gasteiger partial charge in [0.25, 0.3) is 0 Å². The topological polar surface area (TPSA) is 75.7 Å². The summed E-state index contributed by atoms with van der Waals surface area (Å²) in [6.07, 6.45) is 1.66. The van der Waals surface area contributed by atoms with Crippen LogP contribution in [0, 0.1) is 0 Å². The second-order valence-electron chi connectivity index (χ2n) is 7.03. The third kappa shape index (κ3) is 4.97. The summed E-state index contributed by atoms with van der Waals surface area (Å²) >= 11 is 0. The Hall–Kier alpha value is -2.38. The minimum absolute atomic E-state index is 0.0217. The molecule has 2 aromatic rings. The highest BCUT2D eigenvalue weighted by Gasteiger charge is 2.23. The molecule has 156 valence electrons. The Morgan fingerprint density at radius 3 is 2.48 bits per heavy atom. The molecule has 1 heterocycles. The van der Waals surface area contributed by atoms with E-state index in [0.29, 0.717) is 32.5 Å². The zero-order chi connectivity index (χ0) is 20.9. The van der Waals surface area contributed by atoms with Crippen molar-refractivity contribution in [2.75, 3.05) is 19.7 Å². The highest BCUT2D eigenvalue weighted by atomic mass is 32.2. The molecule has 1 aliphatic rings. The SMILES string of the molecule is CCN(CC)S(=O)(=O)c1ccc(CCC(=O)N[C@H]2CCOc3ccccc32)cc1. The first-order valence-corrected chi connectivity index (χ1v) is 11.5. The second-order valence-corrected chi connectivity index (χ2v) is 8.97. The number of sulfonamides is 1. The summed E-state index contributed by atoms with van der Waals surface area (Å²) in [6, 6.07) is 14.5. The molecule has 0 fully saturated rings. The van der Waals surface area contributed by atoms with Crippen molar-refractivity contribution in [1.82, 2.24) is 9.62 Å². The number of nitrogens with zero attached hydrogens (tertiary/aromatic N) is 1. The summed E-state index contributed by atoms with van der Waals surface area (Å²) < 4.78 is 32.2. The number of amides is 1. The van der Waals surface area contributed by atoms with Crippen molar-refractivity contribution >= 4 is 15.9 Å². The van der Waals surface area contributed by atoms with Gasteiger partial charge in [0, 0.05) is 31.5 Å². The van der Waals surface area contributed by atoms with Gasteiger partial charge in [-0.1, -0.05) is 44.2 Å². The van der Waals surface area contributed by atoms with Crippen molar-refractivity contribution in [3.63, 3.8) is 0 Å². The maximum absolute atomic E-state index is 12.5. The summed E-state index contributed by atoms with van der Waals surface area (Å²) in [4.78, 5) is 12.7. The Balaban J connectivity index is 1.58. The summed E-state index contributed by atoms with van der Waals surface area (Å²) in [5.74, 6) is 0.806. The lowest BCUT2D eigenvalue weighted by Crippen LogP contribution is -2.32. The fraction of sp³-hybridized carbons (Fsp3) is 0.409. The van der Waals surface area contributed by atoms with Crippen LogP contribution in [0.3, 0.4) is 0 Å². The number of hydrogen-bond donors (Lipinski definition) is 1. The third-order valence-corrected chi connectivity index (χ3v) is 7.27. The molecule has 0 aromatic heterocycles. The van der Waals surface area contributed by atoms with E-state index in [1.165, 1.54) is 4.31 Å². The number of carbonyl (C=O) groups is 1. The van der Waals surface area contributed by atoms with Gasteiger partial charge in [-0.3, -0.25) is 4.79 Å². The molecule has 1 aliphatic heterocycles.